The molecule has 4 heterocycles. The fraction of sp³-hybridized carbons (Fsp3) is 0.333. The second-order valence-corrected chi connectivity index (χ2v) is 7.39. The Morgan fingerprint density at radius 1 is 1.13 bits per heavy atom. The van der Waals surface area contributed by atoms with Gasteiger partial charge in [-0.2, -0.15) is 5.26 Å². The summed E-state index contributed by atoms with van der Waals surface area (Å²) in [5.41, 5.74) is 3.19. The second-order valence-electron chi connectivity index (χ2n) is 7.39. The van der Waals surface area contributed by atoms with Crippen LogP contribution in [0.25, 0.3) is 0 Å². The molecule has 0 spiro atoms. The van der Waals surface area contributed by atoms with Crippen molar-refractivity contribution in [1.29, 1.82) is 5.26 Å². The van der Waals surface area contributed by atoms with Crippen LogP contribution >= 0.6 is 0 Å². The van der Waals surface area contributed by atoms with Crippen LogP contribution in [0.5, 0.6) is 0 Å². The van der Waals surface area contributed by atoms with Crippen molar-refractivity contribution in [3.05, 3.63) is 59.9 Å². The Labute approximate surface area is 175 Å². The predicted molar refractivity (Wildman–Crippen MR) is 113 cm³/mol. The normalized spacial score (nSPS) is 16.2. The van der Waals surface area contributed by atoms with E-state index < -0.39 is 0 Å². The molecular weight excluding hydrogens is 378 g/mol. The third kappa shape index (κ3) is 4.50. The molecule has 0 radical (unpaired) electrons. The lowest BCUT2D eigenvalue weighted by atomic mass is 10.1. The molecule has 1 unspecified atom stereocenters. The lowest BCUT2D eigenvalue weighted by molar-refractivity contribution is 0.244. The van der Waals surface area contributed by atoms with Gasteiger partial charge in [-0.15, -0.1) is 0 Å². The zero-order chi connectivity index (χ0) is 20.9. The Bertz CT molecular complexity index is 1030. The van der Waals surface area contributed by atoms with Gasteiger partial charge in [0.1, 0.15) is 11.8 Å². The molecule has 1 aliphatic heterocycles. The van der Waals surface area contributed by atoms with Crippen LogP contribution in [0.1, 0.15) is 35.8 Å². The minimum absolute atomic E-state index is 0.223. The molecule has 0 aromatic carbocycles. The van der Waals surface area contributed by atoms with E-state index in [0.29, 0.717) is 17.6 Å². The molecule has 3 aromatic heterocycles. The summed E-state index contributed by atoms with van der Waals surface area (Å²) in [6.45, 7) is 1.79. The van der Waals surface area contributed by atoms with Crippen molar-refractivity contribution in [2.24, 2.45) is 0 Å². The van der Waals surface area contributed by atoms with Crippen molar-refractivity contribution in [2.45, 2.75) is 25.4 Å². The van der Waals surface area contributed by atoms with Gasteiger partial charge in [-0.05, 0) is 37.6 Å². The Hall–Kier alpha value is -3.64. The largest absolute Gasteiger partial charge is 0.347 e. The van der Waals surface area contributed by atoms with Gasteiger partial charge in [0.2, 0.25) is 11.9 Å². The lowest BCUT2D eigenvalue weighted by Crippen LogP contribution is -2.24. The van der Waals surface area contributed by atoms with Crippen LogP contribution < -0.4 is 10.2 Å². The van der Waals surface area contributed by atoms with Gasteiger partial charge in [0, 0.05) is 44.8 Å². The number of likely N-dealkylation sites (tertiary alicyclic amines) is 1. The van der Waals surface area contributed by atoms with Gasteiger partial charge in [0.15, 0.2) is 0 Å². The molecule has 0 bridgehead atoms. The molecule has 1 N–H and O–H groups in total. The summed E-state index contributed by atoms with van der Waals surface area (Å²) in [4.78, 5) is 26.3. The minimum Gasteiger partial charge on any atom is -0.347 e. The molecule has 30 heavy (non-hydrogen) atoms. The van der Waals surface area contributed by atoms with E-state index in [9.17, 15) is 0 Å². The molecular formula is C21H23N9. The topological polar surface area (TPSA) is 107 Å². The zero-order valence-electron chi connectivity index (χ0n) is 17.0. The number of rotatable bonds is 6. The van der Waals surface area contributed by atoms with E-state index in [1.807, 2.05) is 43.5 Å². The Balaban J connectivity index is 1.47. The molecule has 1 atom stereocenters. The average Bonchev–Trinajstić information content (AvgIpc) is 3.23. The zero-order valence-corrected chi connectivity index (χ0v) is 17.0. The first-order valence-electron chi connectivity index (χ1n) is 9.81. The van der Waals surface area contributed by atoms with Gasteiger partial charge in [-0.1, -0.05) is 0 Å². The maximum Gasteiger partial charge on any atom is 0.227 e. The van der Waals surface area contributed by atoms with Crippen molar-refractivity contribution in [1.82, 2.24) is 29.8 Å². The van der Waals surface area contributed by atoms with Gasteiger partial charge in [0.25, 0.3) is 0 Å². The number of hydrogen-bond donors (Lipinski definition) is 1. The van der Waals surface area contributed by atoms with E-state index in [1.165, 1.54) is 0 Å². The van der Waals surface area contributed by atoms with Crippen LogP contribution in [0.4, 0.5) is 17.6 Å². The van der Waals surface area contributed by atoms with Crippen molar-refractivity contribution < 1.29 is 0 Å². The van der Waals surface area contributed by atoms with Crippen LogP contribution in [0, 0.1) is 11.3 Å². The average molecular weight is 401 g/mol. The highest BCUT2D eigenvalue weighted by Gasteiger charge is 2.27. The van der Waals surface area contributed by atoms with E-state index in [4.69, 9.17) is 10.2 Å². The predicted octanol–water partition coefficient (Wildman–Crippen LogP) is 2.68. The van der Waals surface area contributed by atoms with Crippen LogP contribution in [-0.4, -0.2) is 50.5 Å². The summed E-state index contributed by atoms with van der Waals surface area (Å²) in [5, 5.41) is 12.0. The molecule has 1 saturated heterocycles. The van der Waals surface area contributed by atoms with Crippen molar-refractivity contribution in [3.8, 4) is 6.07 Å². The Morgan fingerprint density at radius 2 is 1.97 bits per heavy atom. The fourth-order valence-corrected chi connectivity index (χ4v) is 3.53. The Kier molecular flexibility index (Phi) is 5.77. The van der Waals surface area contributed by atoms with E-state index in [2.05, 4.69) is 30.2 Å². The SMILES string of the molecule is CN(C)c1ncc(CN2CCCC2c2ccnc(Nc3ccc(C#N)nc3)n2)cn1. The number of nitriles is 1. The fourth-order valence-electron chi connectivity index (χ4n) is 3.53. The van der Waals surface area contributed by atoms with Gasteiger partial charge in [-0.3, -0.25) is 4.90 Å². The highest BCUT2D eigenvalue weighted by molar-refractivity contribution is 5.52. The molecule has 4 rings (SSSR count). The highest BCUT2D eigenvalue weighted by Crippen LogP contribution is 2.32. The summed E-state index contributed by atoms with van der Waals surface area (Å²) >= 11 is 0. The number of hydrogen-bond acceptors (Lipinski definition) is 9. The third-order valence-electron chi connectivity index (χ3n) is 4.99. The molecule has 3 aromatic rings. The van der Waals surface area contributed by atoms with Crippen LogP contribution in [0.3, 0.4) is 0 Å². The van der Waals surface area contributed by atoms with Gasteiger partial charge >= 0.3 is 0 Å². The van der Waals surface area contributed by atoms with E-state index in [-0.39, 0.29) is 6.04 Å². The number of pyridine rings is 1. The van der Waals surface area contributed by atoms with Crippen molar-refractivity contribution in [3.63, 3.8) is 0 Å². The first-order chi connectivity index (χ1) is 14.6. The van der Waals surface area contributed by atoms with Crippen LogP contribution in [-0.2, 0) is 6.54 Å². The summed E-state index contributed by atoms with van der Waals surface area (Å²) in [6.07, 6.45) is 9.32. The van der Waals surface area contributed by atoms with Gasteiger partial charge in [-0.25, -0.2) is 24.9 Å². The Morgan fingerprint density at radius 3 is 2.67 bits per heavy atom. The molecule has 9 nitrogen and oxygen atoms in total. The molecule has 0 amide bonds. The number of nitrogens with zero attached hydrogens (tertiary/aromatic N) is 8. The smallest absolute Gasteiger partial charge is 0.227 e. The number of aromatic nitrogens is 5. The van der Waals surface area contributed by atoms with Crippen LogP contribution in [0.15, 0.2) is 43.0 Å². The summed E-state index contributed by atoms with van der Waals surface area (Å²) in [7, 11) is 3.86. The third-order valence-corrected chi connectivity index (χ3v) is 4.99. The molecule has 9 heteroatoms. The quantitative estimate of drug-likeness (QED) is 0.667. The molecule has 1 fully saturated rings. The number of nitrogens with one attached hydrogen (secondary N) is 1. The van der Waals surface area contributed by atoms with Crippen molar-refractivity contribution in [2.75, 3.05) is 30.9 Å². The van der Waals surface area contributed by atoms with Crippen LogP contribution in [0.2, 0.25) is 0 Å². The van der Waals surface area contributed by atoms with Gasteiger partial charge < -0.3 is 10.2 Å². The van der Waals surface area contributed by atoms with E-state index in [1.54, 1.807) is 24.5 Å². The molecule has 0 saturated carbocycles. The summed E-state index contributed by atoms with van der Waals surface area (Å²) < 4.78 is 0. The molecule has 152 valence electrons. The van der Waals surface area contributed by atoms with Gasteiger partial charge in [0.05, 0.1) is 23.6 Å². The maximum atomic E-state index is 8.87. The standard InChI is InChI=1S/C21H23N9/c1-29(2)21-25-11-15(12-26-21)14-30-9-3-4-19(30)18-7-8-23-20(28-18)27-17-6-5-16(10-22)24-13-17/h5-8,11-13,19H,3-4,9,14H2,1-2H3,(H,23,27,28). The molecule has 1 aliphatic rings. The first-order valence-corrected chi connectivity index (χ1v) is 9.81. The lowest BCUT2D eigenvalue weighted by Gasteiger charge is -2.24. The van der Waals surface area contributed by atoms with Crippen molar-refractivity contribution >= 4 is 17.6 Å². The number of anilines is 3. The van der Waals surface area contributed by atoms with E-state index in [0.717, 1.165) is 42.9 Å². The monoisotopic (exact) mass is 401 g/mol. The maximum absolute atomic E-state index is 8.87. The first kappa shape index (κ1) is 19.7. The highest BCUT2D eigenvalue weighted by atomic mass is 15.2. The molecule has 0 aliphatic carbocycles. The summed E-state index contributed by atoms with van der Waals surface area (Å²) in [5.74, 6) is 1.23. The minimum atomic E-state index is 0.223. The second kappa shape index (κ2) is 8.80. The summed E-state index contributed by atoms with van der Waals surface area (Å²) in [6, 6.07) is 7.66. The van der Waals surface area contributed by atoms with E-state index >= 15 is 0 Å².